The second kappa shape index (κ2) is 9.82. The zero-order valence-electron chi connectivity index (χ0n) is 20.7. The summed E-state index contributed by atoms with van der Waals surface area (Å²) in [6.45, 7) is 3.93. The Morgan fingerprint density at radius 1 is 0.972 bits per heavy atom. The molecule has 2 unspecified atom stereocenters. The number of benzene rings is 2. The van der Waals surface area contributed by atoms with Crippen LogP contribution in [0.1, 0.15) is 48.3 Å². The molecule has 2 heterocycles. The van der Waals surface area contributed by atoms with E-state index in [9.17, 15) is 9.59 Å². The molecular weight excluding hydrogens is 450 g/mol. The van der Waals surface area contributed by atoms with Crippen molar-refractivity contribution in [2.45, 2.75) is 38.5 Å². The Labute approximate surface area is 211 Å². The van der Waals surface area contributed by atoms with Crippen LogP contribution < -0.4 is 15.4 Å². The zero-order chi connectivity index (χ0) is 25.2. The first-order valence-corrected chi connectivity index (χ1v) is 12.1. The van der Waals surface area contributed by atoms with E-state index in [1.54, 1.807) is 25.4 Å². The van der Waals surface area contributed by atoms with Gasteiger partial charge in [0.25, 0.3) is 5.91 Å². The molecule has 1 amide bonds. The Kier molecular flexibility index (Phi) is 6.42. The van der Waals surface area contributed by atoms with E-state index in [1.807, 2.05) is 68.4 Å². The van der Waals surface area contributed by atoms with Crippen molar-refractivity contribution in [3.8, 4) is 5.75 Å². The lowest BCUT2D eigenvalue weighted by Gasteiger charge is -2.37. The van der Waals surface area contributed by atoms with Crippen LogP contribution in [0.4, 0.5) is 5.82 Å². The predicted octanol–water partition coefficient (Wildman–Crippen LogP) is 5.40. The number of ketones is 1. The number of nitrogens with zero attached hydrogens (tertiary/aromatic N) is 1. The first-order valence-electron chi connectivity index (χ1n) is 12.1. The summed E-state index contributed by atoms with van der Waals surface area (Å²) in [5.41, 5.74) is 6.01. The maximum atomic E-state index is 13.7. The molecule has 1 aliphatic heterocycles. The number of anilines is 1. The molecule has 0 radical (unpaired) electrons. The van der Waals surface area contributed by atoms with Crippen LogP contribution >= 0.6 is 0 Å². The molecule has 0 spiro atoms. The van der Waals surface area contributed by atoms with E-state index >= 15 is 0 Å². The van der Waals surface area contributed by atoms with E-state index in [1.165, 1.54) is 0 Å². The molecule has 1 aliphatic carbocycles. The summed E-state index contributed by atoms with van der Waals surface area (Å²) < 4.78 is 5.29. The number of Topliss-reactive ketones (excluding diaryl/α,β-unsaturated/α-hetero) is 1. The fourth-order valence-corrected chi connectivity index (χ4v) is 5.16. The van der Waals surface area contributed by atoms with E-state index < -0.39 is 5.92 Å². The van der Waals surface area contributed by atoms with Crippen molar-refractivity contribution in [3.63, 3.8) is 0 Å². The number of aryl methyl sites for hydroxylation is 1. The third-order valence-electron chi connectivity index (χ3n) is 6.98. The number of methoxy groups -OCH3 is 1. The first-order chi connectivity index (χ1) is 17.4. The molecule has 0 saturated heterocycles. The van der Waals surface area contributed by atoms with Gasteiger partial charge >= 0.3 is 0 Å². The second-order valence-electron chi connectivity index (χ2n) is 9.37. The van der Waals surface area contributed by atoms with E-state index in [4.69, 9.17) is 4.74 Å². The summed E-state index contributed by atoms with van der Waals surface area (Å²) in [5.74, 6) is 0.671. The molecule has 3 aromatic rings. The average Bonchev–Trinajstić information content (AvgIpc) is 2.89. The molecule has 0 bridgehead atoms. The van der Waals surface area contributed by atoms with Gasteiger partial charge in [0.1, 0.15) is 11.6 Å². The number of hydrogen-bond donors (Lipinski definition) is 2. The van der Waals surface area contributed by atoms with Gasteiger partial charge in [0.2, 0.25) is 0 Å². The first kappa shape index (κ1) is 23.5. The summed E-state index contributed by atoms with van der Waals surface area (Å²) in [7, 11) is 1.64. The zero-order valence-corrected chi connectivity index (χ0v) is 20.7. The summed E-state index contributed by atoms with van der Waals surface area (Å²) in [4.78, 5) is 31.5. The quantitative estimate of drug-likeness (QED) is 0.512. The minimum absolute atomic E-state index is 0.0602. The smallest absolute Gasteiger partial charge is 0.255 e. The molecule has 182 valence electrons. The number of rotatable bonds is 5. The van der Waals surface area contributed by atoms with Crippen LogP contribution in [-0.2, 0) is 9.59 Å². The van der Waals surface area contributed by atoms with E-state index in [2.05, 4.69) is 15.6 Å². The summed E-state index contributed by atoms with van der Waals surface area (Å²) in [5, 5.41) is 6.35. The molecule has 0 fully saturated rings. The largest absolute Gasteiger partial charge is 0.497 e. The highest BCUT2D eigenvalue weighted by Gasteiger charge is 2.40. The molecule has 2 atom stereocenters. The van der Waals surface area contributed by atoms with Crippen molar-refractivity contribution >= 4 is 17.5 Å². The summed E-state index contributed by atoms with van der Waals surface area (Å²) >= 11 is 0. The Hall–Kier alpha value is -4.19. The Morgan fingerprint density at radius 2 is 1.69 bits per heavy atom. The van der Waals surface area contributed by atoms with Crippen molar-refractivity contribution in [1.82, 2.24) is 10.3 Å². The molecule has 5 rings (SSSR count). The monoisotopic (exact) mass is 479 g/mol. The van der Waals surface area contributed by atoms with Gasteiger partial charge in [0, 0.05) is 41.1 Å². The normalized spacial score (nSPS) is 19.5. The van der Waals surface area contributed by atoms with Crippen molar-refractivity contribution in [2.75, 3.05) is 12.4 Å². The maximum Gasteiger partial charge on any atom is 0.255 e. The lowest BCUT2D eigenvalue weighted by Crippen LogP contribution is -2.37. The van der Waals surface area contributed by atoms with Crippen molar-refractivity contribution in [2.24, 2.45) is 0 Å². The molecule has 6 heteroatoms. The number of aromatic nitrogens is 1. The molecule has 6 nitrogen and oxygen atoms in total. The van der Waals surface area contributed by atoms with Crippen LogP contribution in [0.15, 0.2) is 95.5 Å². The van der Waals surface area contributed by atoms with Crippen molar-refractivity contribution in [1.29, 1.82) is 0 Å². The summed E-state index contributed by atoms with van der Waals surface area (Å²) in [6, 6.07) is 21.4. The van der Waals surface area contributed by atoms with Crippen LogP contribution in [0.5, 0.6) is 5.75 Å². The number of carbonyl (C=O) groups is 2. The highest BCUT2D eigenvalue weighted by atomic mass is 16.5. The standard InChI is InChI=1S/C30H29N3O3/c1-18-7-9-21(10-8-18)28-27(30(35)33-26-6-4-5-15-31-26)19(2)32-24-16-22(17-25(34)29(24)28)20-11-13-23(36-3)14-12-20/h4-15,22,28,32H,16-17H2,1-3H3,(H,31,33,35). The minimum Gasteiger partial charge on any atom is -0.497 e. The summed E-state index contributed by atoms with van der Waals surface area (Å²) in [6.07, 6.45) is 2.73. The van der Waals surface area contributed by atoms with Gasteiger partial charge in [-0.1, -0.05) is 48.0 Å². The molecule has 1 aromatic heterocycles. The van der Waals surface area contributed by atoms with Gasteiger partial charge in [-0.15, -0.1) is 0 Å². The Balaban J connectivity index is 1.54. The maximum absolute atomic E-state index is 13.7. The Morgan fingerprint density at radius 3 is 2.36 bits per heavy atom. The van der Waals surface area contributed by atoms with Gasteiger partial charge in [0.05, 0.1) is 7.11 Å². The van der Waals surface area contributed by atoms with Crippen LogP contribution in [0.25, 0.3) is 0 Å². The van der Waals surface area contributed by atoms with Crippen LogP contribution in [0.2, 0.25) is 0 Å². The van der Waals surface area contributed by atoms with E-state index in [0.717, 1.165) is 33.8 Å². The van der Waals surface area contributed by atoms with Gasteiger partial charge in [-0.05, 0) is 61.6 Å². The highest BCUT2D eigenvalue weighted by Crippen LogP contribution is 2.45. The number of nitrogens with one attached hydrogen (secondary N) is 2. The third-order valence-corrected chi connectivity index (χ3v) is 6.98. The predicted molar refractivity (Wildman–Crippen MR) is 140 cm³/mol. The van der Waals surface area contributed by atoms with E-state index in [-0.39, 0.29) is 17.6 Å². The topological polar surface area (TPSA) is 80.3 Å². The molecule has 36 heavy (non-hydrogen) atoms. The average molecular weight is 480 g/mol. The number of hydrogen-bond acceptors (Lipinski definition) is 5. The second-order valence-corrected chi connectivity index (χ2v) is 9.37. The lowest BCUT2D eigenvalue weighted by molar-refractivity contribution is -0.116. The highest BCUT2D eigenvalue weighted by molar-refractivity contribution is 6.09. The van der Waals surface area contributed by atoms with Crippen molar-refractivity contribution in [3.05, 3.63) is 112 Å². The molecule has 2 N–H and O–H groups in total. The molecule has 0 saturated carbocycles. The van der Waals surface area contributed by atoms with Gasteiger partial charge in [0.15, 0.2) is 5.78 Å². The molecule has 2 aromatic carbocycles. The molecule has 2 aliphatic rings. The van der Waals surface area contributed by atoms with Gasteiger partial charge in [-0.25, -0.2) is 4.98 Å². The number of carbonyl (C=O) groups excluding carboxylic acids is 2. The number of ether oxygens (including phenoxy) is 1. The van der Waals surface area contributed by atoms with Crippen LogP contribution in [0.3, 0.4) is 0 Å². The Bertz CT molecular complexity index is 1360. The van der Waals surface area contributed by atoms with Crippen molar-refractivity contribution < 1.29 is 14.3 Å². The fourth-order valence-electron chi connectivity index (χ4n) is 5.16. The van der Waals surface area contributed by atoms with Crippen LogP contribution in [-0.4, -0.2) is 23.8 Å². The number of dihydropyridines is 1. The number of amides is 1. The SMILES string of the molecule is COc1ccc(C2CC(=O)C3=C(C2)NC(C)=C(C(=O)Nc2ccccn2)C3c2ccc(C)cc2)cc1. The van der Waals surface area contributed by atoms with E-state index in [0.29, 0.717) is 29.8 Å². The van der Waals surface area contributed by atoms with Crippen LogP contribution in [0, 0.1) is 6.92 Å². The third kappa shape index (κ3) is 4.54. The fraction of sp³-hybridized carbons (Fsp3) is 0.233. The van der Waals surface area contributed by atoms with Gasteiger partial charge in [-0.2, -0.15) is 0 Å². The lowest BCUT2D eigenvalue weighted by atomic mass is 9.71. The van der Waals surface area contributed by atoms with Gasteiger partial charge < -0.3 is 15.4 Å². The number of pyridine rings is 1. The number of allylic oxidation sites excluding steroid dienone is 3. The minimum atomic E-state index is -0.449. The molecular formula is C30H29N3O3. The van der Waals surface area contributed by atoms with Gasteiger partial charge in [-0.3, -0.25) is 9.59 Å².